The number of benzene rings is 1. The molecule has 0 fully saturated rings. The molecule has 1 N–H and O–H groups in total. The summed E-state index contributed by atoms with van der Waals surface area (Å²) in [5, 5.41) is 10.6. The van der Waals surface area contributed by atoms with Crippen LogP contribution in [-0.2, 0) is 9.84 Å². The zero-order valence-corrected chi connectivity index (χ0v) is 12.3. The Morgan fingerprint density at radius 2 is 2.00 bits per heavy atom. The third-order valence-electron chi connectivity index (χ3n) is 2.26. The minimum Gasteiger partial charge on any atom is -0.477 e. The topological polar surface area (TPSA) is 71.4 Å². The number of hydrogen-bond donors (Lipinski definition) is 1. The van der Waals surface area contributed by atoms with Crippen molar-refractivity contribution in [2.75, 3.05) is 6.26 Å². The molecule has 7 heteroatoms. The number of sulfone groups is 1. The van der Waals surface area contributed by atoms with Gasteiger partial charge in [0.15, 0.2) is 9.84 Å². The number of carboxylic acid groups (broad SMARTS) is 1. The standard InChI is InChI=1S/C12H10O4S3/c1-19(15,16)11-5-3-2-4-9(11)18-8-6-10(12(13)14)17-7-8/h2-7H,1H3,(H,13,14). The van der Waals surface area contributed by atoms with Crippen LogP contribution in [0.3, 0.4) is 0 Å². The zero-order valence-electron chi connectivity index (χ0n) is 9.86. The zero-order chi connectivity index (χ0) is 14.0. The van der Waals surface area contributed by atoms with Crippen molar-refractivity contribution in [3.05, 3.63) is 40.6 Å². The van der Waals surface area contributed by atoms with Gasteiger partial charge >= 0.3 is 5.97 Å². The number of carboxylic acids is 1. The maximum absolute atomic E-state index is 11.7. The molecule has 1 heterocycles. The van der Waals surface area contributed by atoms with Crippen LogP contribution < -0.4 is 0 Å². The molecule has 0 atom stereocenters. The van der Waals surface area contributed by atoms with Gasteiger partial charge in [0, 0.05) is 21.4 Å². The fourth-order valence-electron chi connectivity index (χ4n) is 1.45. The molecule has 2 rings (SSSR count). The van der Waals surface area contributed by atoms with Crippen molar-refractivity contribution in [1.82, 2.24) is 0 Å². The summed E-state index contributed by atoms with van der Waals surface area (Å²) in [6.07, 6.45) is 1.16. The van der Waals surface area contributed by atoms with Crippen molar-refractivity contribution in [3.8, 4) is 0 Å². The van der Waals surface area contributed by atoms with Gasteiger partial charge in [0.2, 0.25) is 0 Å². The molecule has 0 aliphatic rings. The second kappa shape index (κ2) is 5.36. The van der Waals surface area contributed by atoms with Crippen LogP contribution in [0.15, 0.2) is 50.4 Å². The van der Waals surface area contributed by atoms with Crippen molar-refractivity contribution < 1.29 is 18.3 Å². The van der Waals surface area contributed by atoms with E-state index < -0.39 is 15.8 Å². The van der Waals surface area contributed by atoms with Gasteiger partial charge in [-0.3, -0.25) is 0 Å². The number of carbonyl (C=O) groups is 1. The molecule has 4 nitrogen and oxygen atoms in total. The highest BCUT2D eigenvalue weighted by Gasteiger charge is 2.15. The lowest BCUT2D eigenvalue weighted by Gasteiger charge is -2.05. The smallest absolute Gasteiger partial charge is 0.345 e. The first-order valence-corrected chi connectivity index (χ1v) is 8.75. The molecule has 0 spiro atoms. The maximum atomic E-state index is 11.7. The summed E-state index contributed by atoms with van der Waals surface area (Å²) in [4.78, 5) is 12.6. The molecule has 100 valence electrons. The number of rotatable bonds is 4. The average molecular weight is 314 g/mol. The molecular weight excluding hydrogens is 304 g/mol. The van der Waals surface area contributed by atoms with Crippen LogP contribution in [0.1, 0.15) is 9.67 Å². The van der Waals surface area contributed by atoms with E-state index in [0.717, 1.165) is 22.5 Å². The van der Waals surface area contributed by atoms with Crippen molar-refractivity contribution in [2.45, 2.75) is 14.7 Å². The predicted octanol–water partition coefficient (Wildman–Crippen LogP) is 3.00. The first-order chi connectivity index (χ1) is 8.88. The first-order valence-electron chi connectivity index (χ1n) is 5.16. The van der Waals surface area contributed by atoms with E-state index in [0.29, 0.717) is 4.90 Å². The van der Waals surface area contributed by atoms with Gasteiger partial charge in [0.1, 0.15) is 4.88 Å². The molecule has 0 aliphatic heterocycles. The Morgan fingerprint density at radius 3 is 2.58 bits per heavy atom. The summed E-state index contributed by atoms with van der Waals surface area (Å²) in [6.45, 7) is 0. The highest BCUT2D eigenvalue weighted by atomic mass is 32.2. The maximum Gasteiger partial charge on any atom is 0.345 e. The normalized spacial score (nSPS) is 11.4. The van der Waals surface area contributed by atoms with E-state index >= 15 is 0 Å². The van der Waals surface area contributed by atoms with Gasteiger partial charge in [0.05, 0.1) is 4.90 Å². The van der Waals surface area contributed by atoms with E-state index in [1.807, 2.05) is 0 Å². The third kappa shape index (κ3) is 3.37. The van der Waals surface area contributed by atoms with Crippen LogP contribution in [-0.4, -0.2) is 25.7 Å². The predicted molar refractivity (Wildman–Crippen MR) is 75.0 cm³/mol. The highest BCUT2D eigenvalue weighted by Crippen LogP contribution is 2.35. The molecule has 0 aliphatic carbocycles. The molecule has 0 saturated heterocycles. The van der Waals surface area contributed by atoms with Gasteiger partial charge < -0.3 is 5.11 Å². The molecular formula is C12H10O4S3. The largest absolute Gasteiger partial charge is 0.477 e. The Labute approximate surface area is 119 Å². The van der Waals surface area contributed by atoms with Crippen LogP contribution in [0.5, 0.6) is 0 Å². The molecule has 1 aromatic heterocycles. The van der Waals surface area contributed by atoms with E-state index in [1.165, 1.54) is 17.8 Å². The fourth-order valence-corrected chi connectivity index (χ4v) is 4.55. The van der Waals surface area contributed by atoms with E-state index in [9.17, 15) is 13.2 Å². The Morgan fingerprint density at radius 1 is 1.32 bits per heavy atom. The number of aromatic carboxylic acids is 1. The Bertz CT molecular complexity index is 716. The van der Waals surface area contributed by atoms with Crippen molar-refractivity contribution in [1.29, 1.82) is 0 Å². The lowest BCUT2D eigenvalue weighted by atomic mass is 10.4. The molecule has 0 radical (unpaired) electrons. The van der Waals surface area contributed by atoms with Crippen LogP contribution in [0, 0.1) is 0 Å². The highest BCUT2D eigenvalue weighted by molar-refractivity contribution is 8.00. The summed E-state index contributed by atoms with van der Waals surface area (Å²) in [6, 6.07) is 8.20. The second-order valence-corrected chi connectivity index (χ2v) is 7.78. The Balaban J connectivity index is 2.36. The van der Waals surface area contributed by atoms with Crippen LogP contribution in [0.2, 0.25) is 0 Å². The lowest BCUT2D eigenvalue weighted by Crippen LogP contribution is -1.98. The summed E-state index contributed by atoms with van der Waals surface area (Å²) in [5.41, 5.74) is 0. The molecule has 1 aromatic carbocycles. The van der Waals surface area contributed by atoms with Gasteiger partial charge in [0.25, 0.3) is 0 Å². The van der Waals surface area contributed by atoms with E-state index in [-0.39, 0.29) is 9.77 Å². The minimum atomic E-state index is -3.30. The van der Waals surface area contributed by atoms with Gasteiger partial charge in [-0.25, -0.2) is 13.2 Å². The van der Waals surface area contributed by atoms with Gasteiger partial charge in [-0.1, -0.05) is 23.9 Å². The van der Waals surface area contributed by atoms with Crippen LogP contribution in [0.25, 0.3) is 0 Å². The summed E-state index contributed by atoms with van der Waals surface area (Å²) >= 11 is 2.37. The van der Waals surface area contributed by atoms with Gasteiger partial charge in [-0.2, -0.15) is 0 Å². The van der Waals surface area contributed by atoms with Crippen LogP contribution >= 0.6 is 23.1 Å². The average Bonchev–Trinajstić information content (AvgIpc) is 2.77. The van der Waals surface area contributed by atoms with Crippen molar-refractivity contribution >= 4 is 38.9 Å². The fraction of sp³-hybridized carbons (Fsp3) is 0.0833. The van der Waals surface area contributed by atoms with Crippen molar-refractivity contribution in [2.24, 2.45) is 0 Å². The second-order valence-electron chi connectivity index (χ2n) is 3.77. The van der Waals surface area contributed by atoms with E-state index in [4.69, 9.17) is 5.11 Å². The molecule has 2 aromatic rings. The lowest BCUT2D eigenvalue weighted by molar-refractivity contribution is 0.0702. The van der Waals surface area contributed by atoms with Crippen molar-refractivity contribution in [3.63, 3.8) is 0 Å². The number of thiophene rings is 1. The SMILES string of the molecule is CS(=O)(=O)c1ccccc1Sc1csc(C(=O)O)c1. The van der Waals surface area contributed by atoms with Gasteiger partial charge in [-0.15, -0.1) is 11.3 Å². The van der Waals surface area contributed by atoms with Crippen LogP contribution in [0.4, 0.5) is 0 Å². The quantitative estimate of drug-likeness (QED) is 0.939. The Hall–Kier alpha value is -1.31. The van der Waals surface area contributed by atoms with E-state index in [1.54, 1.807) is 29.6 Å². The summed E-state index contributed by atoms with van der Waals surface area (Å²) < 4.78 is 23.3. The molecule has 0 amide bonds. The van der Waals surface area contributed by atoms with Gasteiger partial charge in [-0.05, 0) is 18.2 Å². The summed E-state index contributed by atoms with van der Waals surface area (Å²) in [7, 11) is -3.30. The molecule has 0 unspecified atom stereocenters. The molecule has 19 heavy (non-hydrogen) atoms. The first kappa shape index (κ1) is 14.1. The molecule has 0 saturated carbocycles. The Kier molecular flexibility index (Phi) is 3.98. The summed E-state index contributed by atoms with van der Waals surface area (Å²) in [5.74, 6) is -0.978. The molecule has 0 bridgehead atoms. The minimum absolute atomic E-state index is 0.235. The number of hydrogen-bond acceptors (Lipinski definition) is 5. The van der Waals surface area contributed by atoms with E-state index in [2.05, 4.69) is 0 Å². The monoisotopic (exact) mass is 314 g/mol. The third-order valence-corrected chi connectivity index (χ3v) is 5.66.